The van der Waals surface area contributed by atoms with E-state index in [1.807, 2.05) is 24.3 Å². The van der Waals surface area contributed by atoms with E-state index >= 15 is 0 Å². The average Bonchev–Trinajstić information content (AvgIpc) is 3.07. The normalized spacial score (nSPS) is 15.1. The van der Waals surface area contributed by atoms with Gasteiger partial charge in [0.1, 0.15) is 15.8 Å². The van der Waals surface area contributed by atoms with Gasteiger partial charge in [-0.2, -0.15) is 0 Å². The first-order valence-electron chi connectivity index (χ1n) is 9.88. The van der Waals surface area contributed by atoms with E-state index in [2.05, 4.69) is 0 Å². The standard InChI is InChI=1S/C24H23NO5S2/c1-28-15-3-14-25-23(27)21(32-24(25)31)16-18-6-11-20(12-7-18)30-22(26)13-8-17-4-9-19(29-2)10-5-17/h4-13,16H,3,14-15H2,1-2H3. The molecule has 1 fully saturated rings. The Bertz CT molecular complexity index is 1030. The second-order valence-corrected chi connectivity index (χ2v) is 8.45. The van der Waals surface area contributed by atoms with Gasteiger partial charge in [0.15, 0.2) is 0 Å². The van der Waals surface area contributed by atoms with Crippen molar-refractivity contribution >= 4 is 52.3 Å². The zero-order valence-corrected chi connectivity index (χ0v) is 19.4. The molecule has 3 rings (SSSR count). The van der Waals surface area contributed by atoms with Crippen molar-refractivity contribution in [3.8, 4) is 11.5 Å². The van der Waals surface area contributed by atoms with Crippen LogP contribution < -0.4 is 9.47 Å². The Hall–Kier alpha value is -2.94. The van der Waals surface area contributed by atoms with E-state index in [-0.39, 0.29) is 5.91 Å². The lowest BCUT2D eigenvalue weighted by Crippen LogP contribution is -2.29. The van der Waals surface area contributed by atoms with Crippen LogP contribution in [0.15, 0.2) is 59.5 Å². The number of thiocarbonyl (C=S) groups is 1. The summed E-state index contributed by atoms with van der Waals surface area (Å²) in [7, 11) is 3.23. The van der Waals surface area contributed by atoms with Gasteiger partial charge in [-0.1, -0.05) is 48.2 Å². The minimum Gasteiger partial charge on any atom is -0.497 e. The van der Waals surface area contributed by atoms with E-state index in [0.717, 1.165) is 23.3 Å². The summed E-state index contributed by atoms with van der Waals surface area (Å²) < 4.78 is 16.0. The van der Waals surface area contributed by atoms with E-state index in [1.54, 1.807) is 55.5 Å². The third kappa shape index (κ3) is 6.53. The Morgan fingerprint density at radius 3 is 2.34 bits per heavy atom. The molecule has 0 saturated carbocycles. The topological polar surface area (TPSA) is 65.1 Å². The maximum atomic E-state index is 12.6. The van der Waals surface area contributed by atoms with Crippen LogP contribution in [0.4, 0.5) is 0 Å². The van der Waals surface area contributed by atoms with E-state index in [0.29, 0.717) is 28.1 Å². The number of amides is 1. The molecule has 0 spiro atoms. The highest BCUT2D eigenvalue weighted by Crippen LogP contribution is 2.32. The lowest BCUT2D eigenvalue weighted by Gasteiger charge is -2.13. The number of carbonyl (C=O) groups excluding carboxylic acids is 2. The molecule has 0 N–H and O–H groups in total. The molecule has 0 aliphatic carbocycles. The molecule has 1 amide bonds. The molecule has 1 aliphatic rings. The van der Waals surface area contributed by atoms with Crippen molar-refractivity contribution in [2.75, 3.05) is 27.4 Å². The fraction of sp³-hybridized carbons (Fsp3) is 0.208. The summed E-state index contributed by atoms with van der Waals surface area (Å²) in [6, 6.07) is 14.3. The highest BCUT2D eigenvalue weighted by atomic mass is 32.2. The number of nitrogens with zero attached hydrogens (tertiary/aromatic N) is 1. The van der Waals surface area contributed by atoms with Gasteiger partial charge in [-0.25, -0.2) is 4.79 Å². The van der Waals surface area contributed by atoms with Gasteiger partial charge >= 0.3 is 5.97 Å². The Morgan fingerprint density at radius 1 is 1.03 bits per heavy atom. The molecule has 0 atom stereocenters. The number of methoxy groups -OCH3 is 2. The summed E-state index contributed by atoms with van der Waals surface area (Å²) in [4.78, 5) is 26.8. The number of rotatable bonds is 9. The van der Waals surface area contributed by atoms with Gasteiger partial charge < -0.3 is 14.2 Å². The molecular formula is C24H23NO5S2. The highest BCUT2D eigenvalue weighted by Gasteiger charge is 2.31. The predicted molar refractivity (Wildman–Crippen MR) is 130 cm³/mol. The van der Waals surface area contributed by atoms with Gasteiger partial charge in [-0.05, 0) is 54.0 Å². The molecule has 2 aromatic carbocycles. The Labute approximate surface area is 196 Å². The van der Waals surface area contributed by atoms with Crippen molar-refractivity contribution in [1.29, 1.82) is 0 Å². The minimum atomic E-state index is -0.481. The summed E-state index contributed by atoms with van der Waals surface area (Å²) in [6.07, 6.45) is 5.55. The van der Waals surface area contributed by atoms with Crippen LogP contribution in [0.3, 0.4) is 0 Å². The van der Waals surface area contributed by atoms with Gasteiger partial charge in [-0.3, -0.25) is 9.69 Å². The van der Waals surface area contributed by atoms with Crippen LogP contribution in [0, 0.1) is 0 Å². The zero-order chi connectivity index (χ0) is 22.9. The molecule has 1 heterocycles. The lowest BCUT2D eigenvalue weighted by atomic mass is 10.2. The summed E-state index contributed by atoms with van der Waals surface area (Å²) >= 11 is 6.60. The first-order chi connectivity index (χ1) is 15.5. The van der Waals surface area contributed by atoms with Crippen LogP contribution in [-0.2, 0) is 14.3 Å². The van der Waals surface area contributed by atoms with Gasteiger partial charge in [-0.15, -0.1) is 0 Å². The van der Waals surface area contributed by atoms with Crippen LogP contribution in [0.5, 0.6) is 11.5 Å². The predicted octanol–water partition coefficient (Wildman–Crippen LogP) is 4.55. The van der Waals surface area contributed by atoms with Gasteiger partial charge in [0.05, 0.1) is 12.0 Å². The van der Waals surface area contributed by atoms with Crippen LogP contribution in [0.2, 0.25) is 0 Å². The summed E-state index contributed by atoms with van der Waals surface area (Å²) in [5, 5.41) is 0. The first kappa shape index (κ1) is 23.7. The molecule has 2 aromatic rings. The van der Waals surface area contributed by atoms with E-state index in [4.69, 9.17) is 26.4 Å². The third-order valence-corrected chi connectivity index (χ3v) is 5.91. The monoisotopic (exact) mass is 469 g/mol. The number of esters is 1. The molecule has 166 valence electrons. The van der Waals surface area contributed by atoms with Crippen molar-refractivity contribution in [3.05, 3.63) is 70.6 Å². The number of hydrogen-bond donors (Lipinski definition) is 0. The molecule has 0 radical (unpaired) electrons. The largest absolute Gasteiger partial charge is 0.497 e. The quantitative estimate of drug-likeness (QED) is 0.175. The van der Waals surface area contributed by atoms with Gasteiger partial charge in [0.2, 0.25) is 0 Å². The lowest BCUT2D eigenvalue weighted by molar-refractivity contribution is -0.129. The van der Waals surface area contributed by atoms with Crippen LogP contribution in [0.1, 0.15) is 17.5 Å². The van der Waals surface area contributed by atoms with E-state index in [9.17, 15) is 9.59 Å². The van der Waals surface area contributed by atoms with Crippen molar-refractivity contribution in [2.45, 2.75) is 6.42 Å². The van der Waals surface area contributed by atoms with Crippen molar-refractivity contribution in [2.24, 2.45) is 0 Å². The average molecular weight is 470 g/mol. The molecule has 32 heavy (non-hydrogen) atoms. The molecule has 1 aliphatic heterocycles. The van der Waals surface area contributed by atoms with Gasteiger partial charge in [0, 0.05) is 26.3 Å². The summed E-state index contributed by atoms with van der Waals surface area (Å²) in [5.41, 5.74) is 1.67. The number of hydrogen-bond acceptors (Lipinski definition) is 7. The number of carbonyl (C=O) groups is 2. The fourth-order valence-electron chi connectivity index (χ4n) is 2.87. The molecule has 0 bridgehead atoms. The maximum Gasteiger partial charge on any atom is 0.336 e. The molecule has 8 heteroatoms. The summed E-state index contributed by atoms with van der Waals surface area (Å²) in [5.74, 6) is 0.581. The molecule has 0 aromatic heterocycles. The third-order valence-electron chi connectivity index (χ3n) is 4.53. The first-order valence-corrected chi connectivity index (χ1v) is 11.1. The van der Waals surface area contributed by atoms with E-state index < -0.39 is 5.97 Å². The zero-order valence-electron chi connectivity index (χ0n) is 17.8. The van der Waals surface area contributed by atoms with Crippen molar-refractivity contribution < 1.29 is 23.8 Å². The SMILES string of the molecule is COCCCN1C(=O)C(=Cc2ccc(OC(=O)C=Cc3ccc(OC)cc3)cc2)SC1=S. The smallest absolute Gasteiger partial charge is 0.336 e. The minimum absolute atomic E-state index is 0.102. The molecule has 0 unspecified atom stereocenters. The Morgan fingerprint density at radius 2 is 1.69 bits per heavy atom. The van der Waals surface area contributed by atoms with Gasteiger partial charge in [0.25, 0.3) is 5.91 Å². The number of benzene rings is 2. The number of ether oxygens (including phenoxy) is 3. The maximum absolute atomic E-state index is 12.6. The van der Waals surface area contributed by atoms with E-state index in [1.165, 1.54) is 17.8 Å². The van der Waals surface area contributed by atoms with Crippen LogP contribution in [0.25, 0.3) is 12.2 Å². The highest BCUT2D eigenvalue weighted by molar-refractivity contribution is 8.26. The van der Waals surface area contributed by atoms with Crippen LogP contribution in [-0.4, -0.2) is 48.5 Å². The fourth-order valence-corrected chi connectivity index (χ4v) is 4.18. The van der Waals surface area contributed by atoms with Crippen molar-refractivity contribution in [1.82, 2.24) is 4.90 Å². The van der Waals surface area contributed by atoms with Crippen molar-refractivity contribution in [3.63, 3.8) is 0 Å². The summed E-state index contributed by atoms with van der Waals surface area (Å²) in [6.45, 7) is 1.11. The molecule has 6 nitrogen and oxygen atoms in total. The Kier molecular flexibility index (Phi) is 8.61. The van der Waals surface area contributed by atoms with Crippen LogP contribution >= 0.6 is 24.0 Å². The number of thioether (sulfide) groups is 1. The molecular weight excluding hydrogens is 446 g/mol. The second kappa shape index (κ2) is 11.6. The Balaban J connectivity index is 1.57. The second-order valence-electron chi connectivity index (χ2n) is 6.78. The molecule has 1 saturated heterocycles.